The van der Waals surface area contributed by atoms with Crippen LogP contribution in [-0.4, -0.2) is 35.0 Å². The normalized spacial score (nSPS) is 17.2. The van der Waals surface area contributed by atoms with Gasteiger partial charge in [-0.2, -0.15) is 0 Å². The minimum Gasteiger partial charge on any atom is -0.360 e. The van der Waals surface area contributed by atoms with Gasteiger partial charge in [-0.3, -0.25) is 14.6 Å². The van der Waals surface area contributed by atoms with Crippen molar-refractivity contribution in [3.8, 4) is 0 Å². The molecule has 1 unspecified atom stereocenters. The number of carbonyl (C=O) groups excluding carboxylic acids is 2. The van der Waals surface area contributed by atoms with Crippen LogP contribution in [0.3, 0.4) is 0 Å². The van der Waals surface area contributed by atoms with Gasteiger partial charge in [0.05, 0.1) is 17.9 Å². The van der Waals surface area contributed by atoms with Gasteiger partial charge >= 0.3 is 0 Å². The number of anilines is 1. The lowest BCUT2D eigenvalue weighted by Crippen LogP contribution is -2.39. The molecule has 0 spiro atoms. The first-order chi connectivity index (χ1) is 16.6. The zero-order valence-corrected chi connectivity index (χ0v) is 19.2. The maximum atomic E-state index is 13.1. The molecule has 8 heteroatoms. The summed E-state index contributed by atoms with van der Waals surface area (Å²) in [6.45, 7) is 3.69. The molecule has 1 saturated heterocycles. The van der Waals surface area contributed by atoms with E-state index in [0.717, 1.165) is 55.8 Å². The topological polar surface area (TPSA) is 109 Å². The van der Waals surface area contributed by atoms with E-state index in [1.165, 1.54) is 0 Å². The standard InChI is InChI=1S/C26H29N5O3/c1-16-5-8-21(15-28-16)29-25(32)20-4-2-3-19(13-20)24(18-9-11-27-12-10-18)30-26(33)22-14-23(34-31-22)17-6-7-17/h2-5,8,13-15,17-18,24,27H,6-7,9-12H2,1H3,(H,29,32)(H,30,33). The molecule has 3 N–H and O–H groups in total. The van der Waals surface area contributed by atoms with E-state index in [0.29, 0.717) is 22.9 Å². The highest BCUT2D eigenvalue weighted by Crippen LogP contribution is 2.40. The first-order valence-electron chi connectivity index (χ1n) is 11.9. The van der Waals surface area contributed by atoms with Gasteiger partial charge < -0.3 is 20.5 Å². The summed E-state index contributed by atoms with van der Waals surface area (Å²) in [6.07, 6.45) is 5.68. The van der Waals surface area contributed by atoms with Gasteiger partial charge in [0.25, 0.3) is 11.8 Å². The van der Waals surface area contributed by atoms with Gasteiger partial charge in [-0.1, -0.05) is 17.3 Å². The van der Waals surface area contributed by atoms with Crippen molar-refractivity contribution in [2.24, 2.45) is 5.92 Å². The monoisotopic (exact) mass is 459 g/mol. The van der Waals surface area contributed by atoms with Crippen LogP contribution in [-0.2, 0) is 0 Å². The molecular weight excluding hydrogens is 430 g/mol. The third-order valence-electron chi connectivity index (χ3n) is 6.56. The molecule has 1 saturated carbocycles. The Morgan fingerprint density at radius 2 is 1.88 bits per heavy atom. The second kappa shape index (κ2) is 9.77. The van der Waals surface area contributed by atoms with Gasteiger partial charge in [0, 0.05) is 23.2 Å². The van der Waals surface area contributed by atoms with Crippen LogP contribution < -0.4 is 16.0 Å². The molecular formula is C26H29N5O3. The molecule has 3 aromatic rings. The van der Waals surface area contributed by atoms with Crippen molar-refractivity contribution in [3.05, 3.63) is 76.9 Å². The number of nitrogens with one attached hydrogen (secondary N) is 3. The number of rotatable bonds is 7. The van der Waals surface area contributed by atoms with E-state index in [4.69, 9.17) is 4.52 Å². The number of pyridine rings is 1. The molecule has 1 atom stereocenters. The average molecular weight is 460 g/mol. The molecule has 1 aromatic carbocycles. The molecule has 1 aliphatic carbocycles. The van der Waals surface area contributed by atoms with Gasteiger partial charge in [-0.15, -0.1) is 0 Å². The van der Waals surface area contributed by atoms with Crippen molar-refractivity contribution in [3.63, 3.8) is 0 Å². The second-order valence-corrected chi connectivity index (χ2v) is 9.20. The number of hydrogen-bond acceptors (Lipinski definition) is 6. The van der Waals surface area contributed by atoms with E-state index in [1.807, 2.05) is 37.3 Å². The lowest BCUT2D eigenvalue weighted by atomic mass is 9.85. The summed E-state index contributed by atoms with van der Waals surface area (Å²) in [5.74, 6) is 0.967. The highest BCUT2D eigenvalue weighted by Gasteiger charge is 2.31. The third kappa shape index (κ3) is 5.17. The smallest absolute Gasteiger partial charge is 0.273 e. The SMILES string of the molecule is Cc1ccc(NC(=O)c2cccc(C(NC(=O)c3cc(C4CC4)on3)C3CCNCC3)c2)cn1. The van der Waals surface area contributed by atoms with Crippen LogP contribution in [0.25, 0.3) is 0 Å². The highest BCUT2D eigenvalue weighted by atomic mass is 16.5. The molecule has 176 valence electrons. The quantitative estimate of drug-likeness (QED) is 0.493. The summed E-state index contributed by atoms with van der Waals surface area (Å²) in [5, 5.41) is 13.5. The van der Waals surface area contributed by atoms with Crippen molar-refractivity contribution in [1.29, 1.82) is 0 Å². The third-order valence-corrected chi connectivity index (χ3v) is 6.56. The summed E-state index contributed by atoms with van der Waals surface area (Å²) in [4.78, 5) is 30.2. The first kappa shape index (κ1) is 22.3. The van der Waals surface area contributed by atoms with Gasteiger partial charge in [0.2, 0.25) is 0 Å². The zero-order chi connectivity index (χ0) is 23.5. The van der Waals surface area contributed by atoms with Crippen LogP contribution in [0.1, 0.15) is 75.5 Å². The fourth-order valence-corrected chi connectivity index (χ4v) is 4.44. The zero-order valence-electron chi connectivity index (χ0n) is 19.2. The Morgan fingerprint density at radius 1 is 1.06 bits per heavy atom. The Labute approximate surface area is 198 Å². The van der Waals surface area contributed by atoms with Gasteiger partial charge in [0.1, 0.15) is 5.76 Å². The van der Waals surface area contributed by atoms with E-state index in [-0.39, 0.29) is 23.8 Å². The van der Waals surface area contributed by atoms with Crippen molar-refractivity contribution in [1.82, 2.24) is 20.8 Å². The summed E-state index contributed by atoms with van der Waals surface area (Å²) in [6, 6.07) is 12.7. The lowest BCUT2D eigenvalue weighted by Gasteiger charge is -2.31. The van der Waals surface area contributed by atoms with E-state index in [1.54, 1.807) is 18.3 Å². The van der Waals surface area contributed by atoms with Crippen LogP contribution >= 0.6 is 0 Å². The van der Waals surface area contributed by atoms with Crippen LogP contribution in [0, 0.1) is 12.8 Å². The first-order valence-corrected chi connectivity index (χ1v) is 11.9. The molecule has 2 amide bonds. The fourth-order valence-electron chi connectivity index (χ4n) is 4.44. The number of aromatic nitrogens is 2. The summed E-state index contributed by atoms with van der Waals surface area (Å²) in [5.41, 5.74) is 3.27. The Hall–Kier alpha value is -3.52. The van der Waals surface area contributed by atoms with E-state index < -0.39 is 0 Å². The molecule has 2 aromatic heterocycles. The van der Waals surface area contributed by atoms with E-state index in [2.05, 4.69) is 26.1 Å². The highest BCUT2D eigenvalue weighted by molar-refractivity contribution is 6.04. The largest absolute Gasteiger partial charge is 0.360 e. The van der Waals surface area contributed by atoms with Gasteiger partial charge in [-0.05, 0) is 81.4 Å². The Balaban J connectivity index is 1.36. The number of benzene rings is 1. The van der Waals surface area contributed by atoms with Gasteiger partial charge in [0.15, 0.2) is 5.69 Å². The number of hydrogen-bond donors (Lipinski definition) is 3. The van der Waals surface area contributed by atoms with E-state index >= 15 is 0 Å². The summed E-state index contributed by atoms with van der Waals surface area (Å²) >= 11 is 0. The summed E-state index contributed by atoms with van der Waals surface area (Å²) < 4.78 is 5.38. The number of aryl methyl sites for hydroxylation is 1. The van der Waals surface area contributed by atoms with Crippen LogP contribution in [0.5, 0.6) is 0 Å². The Kier molecular flexibility index (Phi) is 6.40. The lowest BCUT2D eigenvalue weighted by molar-refractivity contribution is 0.0904. The second-order valence-electron chi connectivity index (χ2n) is 9.20. The van der Waals surface area contributed by atoms with Crippen molar-refractivity contribution in [2.75, 3.05) is 18.4 Å². The van der Waals surface area contributed by atoms with Crippen LogP contribution in [0.15, 0.2) is 53.2 Å². The minimum atomic E-state index is -0.250. The summed E-state index contributed by atoms with van der Waals surface area (Å²) in [7, 11) is 0. The maximum absolute atomic E-state index is 13.1. The van der Waals surface area contributed by atoms with Crippen molar-refractivity contribution < 1.29 is 14.1 Å². The molecule has 2 aliphatic rings. The van der Waals surface area contributed by atoms with Crippen molar-refractivity contribution in [2.45, 2.75) is 44.6 Å². The molecule has 5 rings (SSSR count). The predicted octanol–water partition coefficient (Wildman–Crippen LogP) is 3.98. The maximum Gasteiger partial charge on any atom is 0.273 e. The fraction of sp³-hybridized carbons (Fsp3) is 0.385. The Morgan fingerprint density at radius 3 is 2.62 bits per heavy atom. The van der Waals surface area contributed by atoms with E-state index in [9.17, 15) is 9.59 Å². The molecule has 1 aliphatic heterocycles. The van der Waals surface area contributed by atoms with Crippen LogP contribution in [0.4, 0.5) is 5.69 Å². The number of nitrogens with zero attached hydrogens (tertiary/aromatic N) is 2. The predicted molar refractivity (Wildman–Crippen MR) is 128 cm³/mol. The molecule has 34 heavy (non-hydrogen) atoms. The molecule has 3 heterocycles. The van der Waals surface area contributed by atoms with Crippen LogP contribution in [0.2, 0.25) is 0 Å². The number of piperidine rings is 1. The minimum absolute atomic E-state index is 0.214. The Bertz CT molecular complexity index is 1160. The van der Waals surface area contributed by atoms with Crippen molar-refractivity contribution >= 4 is 17.5 Å². The molecule has 2 fully saturated rings. The molecule has 0 radical (unpaired) electrons. The molecule has 8 nitrogen and oxygen atoms in total. The van der Waals surface area contributed by atoms with Gasteiger partial charge in [-0.25, -0.2) is 0 Å². The molecule has 0 bridgehead atoms. The average Bonchev–Trinajstić information content (AvgIpc) is 3.60. The number of amides is 2. The number of carbonyl (C=O) groups is 2.